The molecule has 12 atom stereocenters. The summed E-state index contributed by atoms with van der Waals surface area (Å²) in [6, 6.07) is -0.932. The maximum Gasteiger partial charge on any atom is 0.220 e. The lowest BCUT2D eigenvalue weighted by molar-refractivity contribution is -0.359. The lowest BCUT2D eigenvalue weighted by Crippen LogP contribution is -2.65. The highest BCUT2D eigenvalue weighted by Gasteiger charge is 2.51. The second kappa shape index (κ2) is 59.7. The molecule has 2 heterocycles. The summed E-state index contributed by atoms with van der Waals surface area (Å²) in [6.07, 6.45) is 61.8. The zero-order valence-corrected chi connectivity index (χ0v) is 56.9. The maximum atomic E-state index is 13.3. The first-order chi connectivity index (χ1) is 43.6. The van der Waals surface area contributed by atoms with Crippen LogP contribution >= 0.6 is 0 Å². The average molecular weight is 1260 g/mol. The van der Waals surface area contributed by atoms with Crippen LogP contribution < -0.4 is 5.32 Å². The number of rotatable bonds is 62. The van der Waals surface area contributed by atoms with Crippen LogP contribution in [0.25, 0.3) is 0 Å². The minimum atomic E-state index is -1.79. The first-order valence-electron chi connectivity index (χ1n) is 37.4. The van der Waals surface area contributed by atoms with Crippen molar-refractivity contribution in [1.82, 2.24) is 5.32 Å². The summed E-state index contributed by atoms with van der Waals surface area (Å²) in [6.45, 7) is 2.82. The van der Waals surface area contributed by atoms with E-state index in [0.29, 0.717) is 12.8 Å². The molecular weight excluding hydrogens is 1120 g/mol. The molecule has 0 radical (unpaired) electrons. The van der Waals surface area contributed by atoms with Crippen LogP contribution in [0.5, 0.6) is 0 Å². The van der Waals surface area contributed by atoms with Crippen molar-refractivity contribution in [1.29, 1.82) is 0 Å². The number of allylic oxidation sites excluding steroid dienone is 7. The highest BCUT2D eigenvalue weighted by molar-refractivity contribution is 5.76. The van der Waals surface area contributed by atoms with E-state index < -0.39 is 86.8 Å². The van der Waals surface area contributed by atoms with Crippen LogP contribution in [0.3, 0.4) is 0 Å². The molecule has 14 heteroatoms. The molecule has 0 aromatic heterocycles. The summed E-state index contributed by atoms with van der Waals surface area (Å²) in [7, 11) is 0. The fourth-order valence-corrected chi connectivity index (χ4v) is 12.3. The van der Waals surface area contributed by atoms with Crippen molar-refractivity contribution in [2.45, 2.75) is 402 Å². The summed E-state index contributed by atoms with van der Waals surface area (Å²) < 4.78 is 22.9. The number of hydrogen-bond acceptors (Lipinski definition) is 13. The molecule has 1 amide bonds. The van der Waals surface area contributed by atoms with Gasteiger partial charge in [0.05, 0.1) is 32.0 Å². The molecule has 0 bridgehead atoms. The van der Waals surface area contributed by atoms with Gasteiger partial charge < -0.3 is 65.1 Å². The standard InChI is InChI=1S/C75H139NO13/c1-3-5-7-9-11-13-15-17-19-21-23-25-27-28-29-30-31-32-33-34-35-36-37-39-41-43-45-47-49-51-53-55-57-59-67(80)76-63(62-86-74-72(85)70(83)73(66(61-78)88-74)89-75-71(84)69(82)68(81)65(60-77)87-75)64(79)58-56-54-52-50-48-46-44-42-40-38-26-24-22-20-18-16-14-12-10-8-6-4-2/h15,17,21,23,48,50,56,58,63-66,68-75,77-79,81-85H,3-14,16,18-20,22,24-47,49,51-55,57,59-62H2,1-2H3,(H,76,80)/b17-15-,23-21-,50-48+,58-56+. The monoisotopic (exact) mass is 1260 g/mol. The third-order valence-corrected chi connectivity index (χ3v) is 18.2. The summed E-state index contributed by atoms with van der Waals surface area (Å²) in [5, 5.41) is 87.5. The Hall–Kier alpha value is -2.05. The van der Waals surface area contributed by atoms with Crippen molar-refractivity contribution in [2.75, 3.05) is 19.8 Å². The molecule has 0 aliphatic carbocycles. The van der Waals surface area contributed by atoms with Crippen LogP contribution in [-0.2, 0) is 23.7 Å². The zero-order valence-electron chi connectivity index (χ0n) is 56.9. The van der Waals surface area contributed by atoms with E-state index in [1.54, 1.807) is 6.08 Å². The van der Waals surface area contributed by atoms with Gasteiger partial charge in [0.2, 0.25) is 5.91 Å². The summed E-state index contributed by atoms with van der Waals surface area (Å²) in [5.41, 5.74) is 0. The lowest BCUT2D eigenvalue weighted by Gasteiger charge is -2.46. The van der Waals surface area contributed by atoms with Gasteiger partial charge in [0, 0.05) is 6.42 Å². The van der Waals surface area contributed by atoms with Crippen LogP contribution in [0.4, 0.5) is 0 Å². The van der Waals surface area contributed by atoms with Crippen LogP contribution in [-0.4, -0.2) is 140 Å². The van der Waals surface area contributed by atoms with Gasteiger partial charge in [-0.15, -0.1) is 0 Å². The number of unbranched alkanes of at least 4 members (excludes halogenated alkanes) is 43. The summed E-state index contributed by atoms with van der Waals surface area (Å²) >= 11 is 0. The summed E-state index contributed by atoms with van der Waals surface area (Å²) in [5.74, 6) is -0.243. The number of ether oxygens (including phenoxy) is 4. The van der Waals surface area contributed by atoms with E-state index in [4.69, 9.17) is 18.9 Å². The second-order valence-corrected chi connectivity index (χ2v) is 26.4. The van der Waals surface area contributed by atoms with Crippen LogP contribution in [0, 0.1) is 0 Å². The van der Waals surface area contributed by atoms with Crippen molar-refractivity contribution >= 4 is 5.91 Å². The molecule has 14 nitrogen and oxygen atoms in total. The first kappa shape index (κ1) is 83.0. The van der Waals surface area contributed by atoms with Crippen LogP contribution in [0.15, 0.2) is 48.6 Å². The Balaban J connectivity index is 1.64. The fraction of sp³-hybridized carbons (Fsp3) is 0.880. The van der Waals surface area contributed by atoms with Crippen molar-refractivity contribution in [2.24, 2.45) is 0 Å². The van der Waals surface area contributed by atoms with Crippen LogP contribution in [0.2, 0.25) is 0 Å². The van der Waals surface area contributed by atoms with Crippen molar-refractivity contribution < 1.29 is 64.6 Å². The van der Waals surface area contributed by atoms with Gasteiger partial charge in [-0.3, -0.25) is 4.79 Å². The lowest BCUT2D eigenvalue weighted by atomic mass is 9.97. The molecule has 2 saturated heterocycles. The Morgan fingerprint density at radius 3 is 1.17 bits per heavy atom. The molecule has 2 rings (SSSR count). The van der Waals surface area contributed by atoms with E-state index in [1.165, 1.54) is 257 Å². The third kappa shape index (κ3) is 43.5. The molecule has 12 unspecified atom stereocenters. The van der Waals surface area contributed by atoms with Gasteiger partial charge in [-0.1, -0.05) is 306 Å². The van der Waals surface area contributed by atoms with Gasteiger partial charge in [-0.25, -0.2) is 0 Å². The SMILES string of the molecule is CCCCCCC/C=C\C/C=C\CCCCCCCCCCCCCCCCCCCCCCCC(=O)NC(COC1OC(CO)C(OC2OC(CO)C(O)C(O)C2O)C(O)C1O)C(O)/C=C/CC/C=C/CCCCCCCCCCCCCCCCCC. The van der Waals surface area contributed by atoms with Gasteiger partial charge in [-0.05, 0) is 64.2 Å². The molecule has 0 aromatic rings. The molecule has 9 N–H and O–H groups in total. The van der Waals surface area contributed by atoms with Crippen molar-refractivity contribution in [3.8, 4) is 0 Å². The molecular formula is C75H139NO13. The minimum absolute atomic E-state index is 0.243. The highest BCUT2D eigenvalue weighted by atomic mass is 16.7. The quantitative estimate of drug-likeness (QED) is 0.0204. The molecule has 2 aliphatic rings. The smallest absolute Gasteiger partial charge is 0.220 e. The molecule has 0 saturated carbocycles. The van der Waals surface area contributed by atoms with Crippen molar-refractivity contribution in [3.05, 3.63) is 48.6 Å². The predicted molar refractivity (Wildman–Crippen MR) is 364 cm³/mol. The number of aliphatic hydroxyl groups excluding tert-OH is 8. The molecule has 0 spiro atoms. The molecule has 89 heavy (non-hydrogen) atoms. The molecule has 522 valence electrons. The second-order valence-electron chi connectivity index (χ2n) is 26.4. The topological polar surface area (TPSA) is 228 Å². The predicted octanol–water partition coefficient (Wildman–Crippen LogP) is 15.9. The van der Waals surface area contributed by atoms with Gasteiger partial charge in [0.25, 0.3) is 0 Å². The van der Waals surface area contributed by atoms with E-state index in [9.17, 15) is 45.6 Å². The minimum Gasteiger partial charge on any atom is -0.394 e. The van der Waals surface area contributed by atoms with E-state index in [2.05, 4.69) is 55.6 Å². The number of carbonyl (C=O) groups excluding carboxylic acids is 1. The number of hydrogen-bond donors (Lipinski definition) is 9. The Kier molecular flexibility index (Phi) is 55.7. The average Bonchev–Trinajstić information content (AvgIpc) is 2.75. The Morgan fingerprint density at radius 1 is 0.404 bits per heavy atom. The maximum absolute atomic E-state index is 13.3. The number of nitrogens with one attached hydrogen (secondary N) is 1. The third-order valence-electron chi connectivity index (χ3n) is 18.2. The van der Waals surface area contributed by atoms with Gasteiger partial charge in [0.1, 0.15) is 48.8 Å². The Morgan fingerprint density at radius 2 is 0.753 bits per heavy atom. The van der Waals surface area contributed by atoms with E-state index >= 15 is 0 Å². The fourth-order valence-electron chi connectivity index (χ4n) is 12.3. The molecule has 0 aromatic carbocycles. The first-order valence-corrected chi connectivity index (χ1v) is 37.4. The Bertz CT molecular complexity index is 1680. The van der Waals surface area contributed by atoms with Gasteiger partial charge in [0.15, 0.2) is 12.6 Å². The zero-order chi connectivity index (χ0) is 64.5. The molecule has 2 aliphatic heterocycles. The van der Waals surface area contributed by atoms with E-state index in [1.807, 2.05) is 6.08 Å². The molecule has 2 fully saturated rings. The normalized spacial score (nSPS) is 23.3. The van der Waals surface area contributed by atoms with E-state index in [-0.39, 0.29) is 18.9 Å². The van der Waals surface area contributed by atoms with Crippen molar-refractivity contribution in [3.63, 3.8) is 0 Å². The highest BCUT2D eigenvalue weighted by Crippen LogP contribution is 2.30. The Labute approximate surface area is 543 Å². The summed E-state index contributed by atoms with van der Waals surface area (Å²) in [4.78, 5) is 13.3. The van der Waals surface area contributed by atoms with Gasteiger partial charge in [-0.2, -0.15) is 0 Å². The number of amides is 1. The van der Waals surface area contributed by atoms with Gasteiger partial charge >= 0.3 is 0 Å². The number of carbonyl (C=O) groups is 1. The largest absolute Gasteiger partial charge is 0.394 e. The number of aliphatic hydroxyl groups is 8. The van der Waals surface area contributed by atoms with Crippen LogP contribution in [0.1, 0.15) is 328 Å². The van der Waals surface area contributed by atoms with E-state index in [0.717, 1.165) is 38.5 Å².